The molecule has 2 unspecified atom stereocenters. The Balaban J connectivity index is 1.74. The largest absolute Gasteiger partial charge is 0.393 e. The maximum Gasteiger partial charge on any atom is 0.242 e. The van der Waals surface area contributed by atoms with E-state index in [1.807, 2.05) is 39.9 Å². The van der Waals surface area contributed by atoms with Gasteiger partial charge in [-0.3, -0.25) is 4.79 Å². The number of carbonyl (C=O) groups is 1. The van der Waals surface area contributed by atoms with E-state index in [9.17, 15) is 9.90 Å². The van der Waals surface area contributed by atoms with E-state index in [0.29, 0.717) is 18.1 Å². The predicted octanol–water partition coefficient (Wildman–Crippen LogP) is 2.91. The van der Waals surface area contributed by atoms with Crippen LogP contribution in [0.2, 0.25) is 5.02 Å². The van der Waals surface area contributed by atoms with Crippen LogP contribution in [0, 0.1) is 5.92 Å². The van der Waals surface area contributed by atoms with E-state index in [1.54, 1.807) is 6.92 Å². The molecule has 0 aliphatic carbocycles. The van der Waals surface area contributed by atoms with Crippen molar-refractivity contribution in [2.75, 3.05) is 13.1 Å². The number of aromatic nitrogens is 1. The zero-order chi connectivity index (χ0) is 15.7. The third-order valence-corrected chi connectivity index (χ3v) is 4.77. The molecule has 1 aromatic heterocycles. The molecule has 2 heterocycles. The van der Waals surface area contributed by atoms with Crippen molar-refractivity contribution in [3.8, 4) is 0 Å². The predicted molar refractivity (Wildman–Crippen MR) is 87.9 cm³/mol. The second-order valence-electron chi connectivity index (χ2n) is 6.13. The Morgan fingerprint density at radius 1 is 1.45 bits per heavy atom. The number of fused-ring (bicyclic) bond motifs is 1. The quantitative estimate of drug-likeness (QED) is 0.945. The molecule has 0 bridgehead atoms. The van der Waals surface area contributed by atoms with Gasteiger partial charge in [-0.25, -0.2) is 0 Å². The van der Waals surface area contributed by atoms with Crippen LogP contribution in [0.3, 0.4) is 0 Å². The van der Waals surface area contributed by atoms with Crippen molar-refractivity contribution in [3.05, 3.63) is 35.5 Å². The Morgan fingerprint density at radius 2 is 2.27 bits per heavy atom. The molecule has 2 aromatic rings. The van der Waals surface area contributed by atoms with Gasteiger partial charge in [0.25, 0.3) is 0 Å². The van der Waals surface area contributed by atoms with Crippen molar-refractivity contribution in [2.45, 2.75) is 32.4 Å². The monoisotopic (exact) mass is 320 g/mol. The van der Waals surface area contributed by atoms with Crippen molar-refractivity contribution < 1.29 is 9.90 Å². The summed E-state index contributed by atoms with van der Waals surface area (Å²) in [5, 5.41) is 11.5. The molecule has 22 heavy (non-hydrogen) atoms. The number of aliphatic hydroxyl groups is 1. The maximum atomic E-state index is 12.6. The van der Waals surface area contributed by atoms with Crippen LogP contribution in [-0.2, 0) is 11.3 Å². The third-order valence-electron chi connectivity index (χ3n) is 4.53. The highest BCUT2D eigenvalue weighted by Gasteiger charge is 2.26. The number of hydrogen-bond acceptors (Lipinski definition) is 2. The fourth-order valence-electron chi connectivity index (χ4n) is 3.17. The molecular formula is C17H21ClN2O2. The summed E-state index contributed by atoms with van der Waals surface area (Å²) >= 11 is 6.05. The first-order chi connectivity index (χ1) is 10.5. The van der Waals surface area contributed by atoms with E-state index >= 15 is 0 Å². The molecule has 1 aromatic carbocycles. The summed E-state index contributed by atoms with van der Waals surface area (Å²) in [6.45, 7) is 3.55. The molecule has 1 fully saturated rings. The molecular weight excluding hydrogens is 300 g/mol. The fourth-order valence-corrected chi connectivity index (χ4v) is 3.34. The zero-order valence-electron chi connectivity index (χ0n) is 12.7. The molecule has 0 spiro atoms. The Bertz CT molecular complexity index is 680. The summed E-state index contributed by atoms with van der Waals surface area (Å²) in [5.74, 6) is 0.288. The lowest BCUT2D eigenvalue weighted by molar-refractivity contribution is -0.134. The first-order valence-corrected chi connectivity index (χ1v) is 8.12. The molecule has 3 rings (SSSR count). The van der Waals surface area contributed by atoms with E-state index < -0.39 is 0 Å². The van der Waals surface area contributed by atoms with Crippen molar-refractivity contribution in [1.29, 1.82) is 0 Å². The number of halogens is 1. The lowest BCUT2D eigenvalue weighted by Crippen LogP contribution is -2.44. The fraction of sp³-hybridized carbons (Fsp3) is 0.471. The summed E-state index contributed by atoms with van der Waals surface area (Å²) in [5.41, 5.74) is 0.977. The van der Waals surface area contributed by atoms with Gasteiger partial charge in [0.15, 0.2) is 0 Å². The molecule has 1 amide bonds. The van der Waals surface area contributed by atoms with E-state index in [2.05, 4.69) is 0 Å². The molecule has 1 aliphatic rings. The van der Waals surface area contributed by atoms with Crippen molar-refractivity contribution in [2.24, 2.45) is 5.92 Å². The highest BCUT2D eigenvalue weighted by Crippen LogP contribution is 2.22. The minimum atomic E-state index is -0.359. The van der Waals surface area contributed by atoms with Crippen LogP contribution < -0.4 is 0 Å². The zero-order valence-corrected chi connectivity index (χ0v) is 13.5. The van der Waals surface area contributed by atoms with Gasteiger partial charge in [-0.2, -0.15) is 0 Å². The molecule has 1 aliphatic heterocycles. The van der Waals surface area contributed by atoms with Crippen LogP contribution in [0.5, 0.6) is 0 Å². The number of aliphatic hydroxyl groups excluding tert-OH is 1. The van der Waals surface area contributed by atoms with Gasteiger partial charge >= 0.3 is 0 Å². The van der Waals surface area contributed by atoms with Crippen LogP contribution in [0.25, 0.3) is 10.9 Å². The summed E-state index contributed by atoms with van der Waals surface area (Å²) < 4.78 is 1.94. The summed E-state index contributed by atoms with van der Waals surface area (Å²) in [6, 6.07) is 7.70. The van der Waals surface area contributed by atoms with E-state index in [-0.39, 0.29) is 17.9 Å². The first kappa shape index (κ1) is 15.4. The van der Waals surface area contributed by atoms with Crippen LogP contribution in [0.4, 0.5) is 0 Å². The van der Waals surface area contributed by atoms with Crippen LogP contribution in [0.15, 0.2) is 30.5 Å². The van der Waals surface area contributed by atoms with Gasteiger partial charge in [-0.05, 0) is 43.4 Å². The van der Waals surface area contributed by atoms with E-state index in [1.165, 1.54) is 0 Å². The first-order valence-electron chi connectivity index (χ1n) is 7.75. The number of benzene rings is 1. The van der Waals surface area contributed by atoms with Gasteiger partial charge in [0.1, 0.15) is 6.54 Å². The average Bonchev–Trinajstić information content (AvgIpc) is 2.89. The normalized spacial score (nSPS) is 20.3. The topological polar surface area (TPSA) is 45.5 Å². The molecule has 0 radical (unpaired) electrons. The van der Waals surface area contributed by atoms with Gasteiger partial charge in [0, 0.05) is 35.7 Å². The highest BCUT2D eigenvalue weighted by molar-refractivity contribution is 6.31. The molecule has 2 atom stereocenters. The molecule has 1 saturated heterocycles. The van der Waals surface area contributed by atoms with Gasteiger partial charge < -0.3 is 14.6 Å². The number of amides is 1. The van der Waals surface area contributed by atoms with Gasteiger partial charge in [-0.15, -0.1) is 0 Å². The Hall–Kier alpha value is -1.52. The number of rotatable bonds is 3. The average molecular weight is 321 g/mol. The highest BCUT2D eigenvalue weighted by atomic mass is 35.5. The van der Waals surface area contributed by atoms with Gasteiger partial charge in [0.05, 0.1) is 6.10 Å². The number of likely N-dealkylation sites (tertiary alicyclic amines) is 1. The number of hydrogen-bond donors (Lipinski definition) is 1. The van der Waals surface area contributed by atoms with Gasteiger partial charge in [0.2, 0.25) is 5.91 Å². The molecule has 118 valence electrons. The summed E-state index contributed by atoms with van der Waals surface area (Å²) in [7, 11) is 0. The smallest absolute Gasteiger partial charge is 0.242 e. The second kappa shape index (κ2) is 6.31. The van der Waals surface area contributed by atoms with Crippen LogP contribution >= 0.6 is 11.6 Å². The van der Waals surface area contributed by atoms with E-state index in [0.717, 1.165) is 30.3 Å². The lowest BCUT2D eigenvalue weighted by atomic mass is 9.93. The minimum absolute atomic E-state index is 0.0998. The summed E-state index contributed by atoms with van der Waals surface area (Å²) in [6.07, 6.45) is 3.51. The molecule has 0 saturated carbocycles. The number of piperidine rings is 1. The number of nitrogens with zero attached hydrogens (tertiary/aromatic N) is 2. The Labute approximate surface area is 135 Å². The third kappa shape index (κ3) is 3.13. The Kier molecular flexibility index (Phi) is 4.41. The summed E-state index contributed by atoms with van der Waals surface area (Å²) in [4.78, 5) is 14.4. The SMILES string of the molecule is CC(O)C1CCCN(C(=O)Cn2ccc3ccc(Cl)cc32)C1. The van der Waals surface area contributed by atoms with Gasteiger partial charge in [-0.1, -0.05) is 17.7 Å². The van der Waals surface area contributed by atoms with Crippen molar-refractivity contribution in [3.63, 3.8) is 0 Å². The standard InChI is InChI=1S/C17H21ClN2O2/c1-12(21)14-3-2-7-20(10-14)17(22)11-19-8-6-13-4-5-15(18)9-16(13)19/h4-6,8-9,12,14,21H,2-3,7,10-11H2,1H3. The second-order valence-corrected chi connectivity index (χ2v) is 6.57. The van der Waals surface area contributed by atoms with Crippen molar-refractivity contribution >= 4 is 28.4 Å². The number of carbonyl (C=O) groups excluding carboxylic acids is 1. The Morgan fingerprint density at radius 3 is 3.05 bits per heavy atom. The van der Waals surface area contributed by atoms with E-state index in [4.69, 9.17) is 11.6 Å². The van der Waals surface area contributed by atoms with Crippen molar-refractivity contribution in [1.82, 2.24) is 9.47 Å². The molecule has 5 heteroatoms. The maximum absolute atomic E-state index is 12.6. The molecule has 4 nitrogen and oxygen atoms in total. The minimum Gasteiger partial charge on any atom is -0.393 e. The van der Waals surface area contributed by atoms with Crippen LogP contribution in [0.1, 0.15) is 19.8 Å². The molecule has 1 N–H and O–H groups in total. The lowest BCUT2D eigenvalue weighted by Gasteiger charge is -2.34. The van der Waals surface area contributed by atoms with Crippen LogP contribution in [-0.4, -0.2) is 39.7 Å².